The molecule has 176 valence electrons. The minimum atomic E-state index is -0.703. The molecule has 1 aliphatic heterocycles. The minimum absolute atomic E-state index is 0.116. The quantitative estimate of drug-likeness (QED) is 0.388. The van der Waals surface area contributed by atoms with Crippen molar-refractivity contribution in [3.05, 3.63) is 41.9 Å². The van der Waals surface area contributed by atoms with Crippen LogP contribution >= 0.6 is 0 Å². The van der Waals surface area contributed by atoms with Gasteiger partial charge in [0, 0.05) is 55.3 Å². The van der Waals surface area contributed by atoms with Crippen LogP contribution in [0.25, 0.3) is 10.9 Å². The van der Waals surface area contributed by atoms with E-state index in [4.69, 9.17) is 0 Å². The SMILES string of the molecule is CC(C)CCC(=O)NC(NC(=O)c1nc(N2CCN(C)CC2)n[nH]1)c1c[nH]c2ccccc12. The van der Waals surface area contributed by atoms with Crippen LogP contribution in [-0.4, -0.2) is 70.1 Å². The molecule has 4 N–H and O–H groups in total. The fraction of sp³-hybridized carbons (Fsp3) is 0.478. The second-order valence-corrected chi connectivity index (χ2v) is 8.97. The highest BCUT2D eigenvalue weighted by Crippen LogP contribution is 2.23. The molecule has 1 atom stereocenters. The molecule has 33 heavy (non-hydrogen) atoms. The Kier molecular flexibility index (Phi) is 6.93. The number of hydrogen-bond donors (Lipinski definition) is 4. The summed E-state index contributed by atoms with van der Waals surface area (Å²) in [7, 11) is 2.08. The molecule has 0 bridgehead atoms. The Labute approximate surface area is 193 Å². The van der Waals surface area contributed by atoms with Gasteiger partial charge in [-0.1, -0.05) is 32.0 Å². The van der Waals surface area contributed by atoms with E-state index in [0.29, 0.717) is 18.3 Å². The van der Waals surface area contributed by atoms with Crippen molar-refractivity contribution in [3.63, 3.8) is 0 Å². The van der Waals surface area contributed by atoms with Gasteiger partial charge in [0.25, 0.3) is 5.91 Å². The number of para-hydroxylation sites is 1. The van der Waals surface area contributed by atoms with Gasteiger partial charge in [0.1, 0.15) is 6.17 Å². The zero-order valence-corrected chi connectivity index (χ0v) is 19.4. The highest BCUT2D eigenvalue weighted by Gasteiger charge is 2.24. The lowest BCUT2D eigenvalue weighted by Crippen LogP contribution is -2.45. The van der Waals surface area contributed by atoms with Gasteiger partial charge in [0.2, 0.25) is 17.7 Å². The van der Waals surface area contributed by atoms with E-state index in [2.05, 4.69) is 61.5 Å². The second-order valence-electron chi connectivity index (χ2n) is 8.97. The second kappa shape index (κ2) is 10.0. The normalized spacial score (nSPS) is 15.7. The largest absolute Gasteiger partial charge is 0.361 e. The van der Waals surface area contributed by atoms with E-state index in [9.17, 15) is 9.59 Å². The van der Waals surface area contributed by atoms with E-state index >= 15 is 0 Å². The van der Waals surface area contributed by atoms with Gasteiger partial charge in [-0.05, 0) is 25.5 Å². The van der Waals surface area contributed by atoms with Crippen LogP contribution in [0.1, 0.15) is 49.0 Å². The third-order valence-corrected chi connectivity index (χ3v) is 5.94. The average molecular weight is 453 g/mol. The van der Waals surface area contributed by atoms with Gasteiger partial charge in [-0.3, -0.25) is 14.7 Å². The molecule has 0 saturated carbocycles. The van der Waals surface area contributed by atoms with E-state index in [0.717, 1.165) is 49.1 Å². The van der Waals surface area contributed by atoms with E-state index < -0.39 is 12.1 Å². The average Bonchev–Trinajstić information content (AvgIpc) is 3.45. The molecule has 0 spiro atoms. The molecular weight excluding hydrogens is 420 g/mol. The molecule has 0 radical (unpaired) electrons. The lowest BCUT2D eigenvalue weighted by Gasteiger charge is -2.31. The van der Waals surface area contributed by atoms with E-state index in [1.807, 2.05) is 30.5 Å². The Hall–Kier alpha value is -3.40. The lowest BCUT2D eigenvalue weighted by molar-refractivity contribution is -0.122. The monoisotopic (exact) mass is 452 g/mol. The van der Waals surface area contributed by atoms with Gasteiger partial charge < -0.3 is 25.4 Å². The van der Waals surface area contributed by atoms with Crippen molar-refractivity contribution in [2.45, 2.75) is 32.9 Å². The van der Waals surface area contributed by atoms with Crippen molar-refractivity contribution in [1.82, 2.24) is 35.7 Å². The summed E-state index contributed by atoms with van der Waals surface area (Å²) in [5.41, 5.74) is 1.72. The van der Waals surface area contributed by atoms with Crippen LogP contribution in [0.4, 0.5) is 5.95 Å². The van der Waals surface area contributed by atoms with Crippen molar-refractivity contribution in [2.24, 2.45) is 5.92 Å². The number of H-pyrrole nitrogens is 2. The van der Waals surface area contributed by atoms with Crippen molar-refractivity contribution in [1.29, 1.82) is 0 Å². The molecule has 3 aromatic rings. The number of benzene rings is 1. The summed E-state index contributed by atoms with van der Waals surface area (Å²) in [5, 5.41) is 13.8. The first-order chi connectivity index (χ1) is 15.9. The summed E-state index contributed by atoms with van der Waals surface area (Å²) in [6, 6.07) is 7.78. The predicted octanol–water partition coefficient (Wildman–Crippen LogP) is 2.02. The number of piperazine rings is 1. The number of aromatic nitrogens is 4. The topological polar surface area (TPSA) is 122 Å². The third kappa shape index (κ3) is 5.51. The first-order valence-electron chi connectivity index (χ1n) is 11.4. The summed E-state index contributed by atoms with van der Waals surface area (Å²) in [4.78, 5) is 37.6. The first-order valence-corrected chi connectivity index (χ1v) is 11.4. The molecule has 1 aromatic carbocycles. The molecule has 0 aliphatic carbocycles. The number of anilines is 1. The first kappa shape index (κ1) is 22.8. The van der Waals surface area contributed by atoms with E-state index in [1.54, 1.807) is 0 Å². The maximum Gasteiger partial charge on any atom is 0.290 e. The Morgan fingerprint density at radius 3 is 2.64 bits per heavy atom. The summed E-state index contributed by atoms with van der Waals surface area (Å²) < 4.78 is 0. The van der Waals surface area contributed by atoms with Crippen LogP contribution in [0.3, 0.4) is 0 Å². The summed E-state index contributed by atoms with van der Waals surface area (Å²) in [6.45, 7) is 7.60. The van der Waals surface area contributed by atoms with E-state index in [1.165, 1.54) is 0 Å². The number of carbonyl (C=O) groups is 2. The van der Waals surface area contributed by atoms with Crippen molar-refractivity contribution < 1.29 is 9.59 Å². The molecular formula is C23H32N8O2. The number of likely N-dealkylation sites (N-methyl/N-ethyl adjacent to an activating group) is 1. The van der Waals surface area contributed by atoms with Gasteiger partial charge in [-0.2, -0.15) is 4.98 Å². The number of rotatable bonds is 8. The number of hydrogen-bond acceptors (Lipinski definition) is 6. The number of fused-ring (bicyclic) bond motifs is 1. The summed E-state index contributed by atoms with van der Waals surface area (Å²) in [5.74, 6) is 0.499. The van der Waals surface area contributed by atoms with Gasteiger partial charge in [0.15, 0.2) is 0 Å². The number of carbonyl (C=O) groups excluding carboxylic acids is 2. The molecule has 3 heterocycles. The maximum atomic E-state index is 13.0. The van der Waals surface area contributed by atoms with Gasteiger partial charge >= 0.3 is 0 Å². The number of aromatic amines is 2. The Morgan fingerprint density at radius 1 is 1.12 bits per heavy atom. The van der Waals surface area contributed by atoms with Crippen molar-refractivity contribution in [3.8, 4) is 0 Å². The Morgan fingerprint density at radius 2 is 1.88 bits per heavy atom. The fourth-order valence-electron chi connectivity index (χ4n) is 3.88. The van der Waals surface area contributed by atoms with Crippen LogP contribution in [0, 0.1) is 5.92 Å². The number of nitrogens with zero attached hydrogens (tertiary/aromatic N) is 4. The zero-order chi connectivity index (χ0) is 23.4. The Bertz CT molecular complexity index is 1100. The molecule has 10 nitrogen and oxygen atoms in total. The number of nitrogens with one attached hydrogen (secondary N) is 4. The van der Waals surface area contributed by atoms with Gasteiger partial charge in [0.05, 0.1) is 0 Å². The zero-order valence-electron chi connectivity index (χ0n) is 19.4. The number of amides is 2. The van der Waals surface area contributed by atoms with Crippen molar-refractivity contribution in [2.75, 3.05) is 38.1 Å². The van der Waals surface area contributed by atoms with Gasteiger partial charge in [-0.15, -0.1) is 5.10 Å². The predicted molar refractivity (Wildman–Crippen MR) is 127 cm³/mol. The van der Waals surface area contributed by atoms with Gasteiger partial charge in [-0.25, -0.2) is 0 Å². The molecule has 1 saturated heterocycles. The van der Waals surface area contributed by atoms with Crippen LogP contribution in [0.15, 0.2) is 30.5 Å². The fourth-order valence-corrected chi connectivity index (χ4v) is 3.88. The molecule has 2 aromatic heterocycles. The smallest absolute Gasteiger partial charge is 0.290 e. The van der Waals surface area contributed by atoms with Crippen LogP contribution < -0.4 is 15.5 Å². The standard InChI is InChI=1S/C23H32N8O2/c1-15(2)8-9-19(32)25-20(17-14-24-18-7-5-4-6-16(17)18)26-22(33)21-27-23(29-28-21)31-12-10-30(3)11-13-31/h4-7,14-15,20,24H,8-13H2,1-3H3,(H,25,32)(H,26,33)(H,27,28,29). The lowest BCUT2D eigenvalue weighted by atomic mass is 10.1. The molecule has 1 unspecified atom stereocenters. The molecule has 2 amide bonds. The molecule has 10 heteroatoms. The summed E-state index contributed by atoms with van der Waals surface area (Å²) >= 11 is 0. The van der Waals surface area contributed by atoms with Crippen LogP contribution in [0.5, 0.6) is 0 Å². The third-order valence-electron chi connectivity index (χ3n) is 5.94. The maximum absolute atomic E-state index is 13.0. The summed E-state index contributed by atoms with van der Waals surface area (Å²) in [6.07, 6.45) is 2.28. The van der Waals surface area contributed by atoms with Crippen LogP contribution in [-0.2, 0) is 4.79 Å². The Balaban J connectivity index is 1.51. The highest BCUT2D eigenvalue weighted by atomic mass is 16.2. The molecule has 4 rings (SSSR count). The highest BCUT2D eigenvalue weighted by molar-refractivity contribution is 5.92. The van der Waals surface area contributed by atoms with E-state index in [-0.39, 0.29) is 11.7 Å². The van der Waals surface area contributed by atoms with Crippen LogP contribution in [0.2, 0.25) is 0 Å². The molecule has 1 fully saturated rings. The molecule has 1 aliphatic rings. The minimum Gasteiger partial charge on any atom is -0.361 e. The van der Waals surface area contributed by atoms with Crippen molar-refractivity contribution >= 4 is 28.7 Å².